The van der Waals surface area contributed by atoms with Crippen molar-refractivity contribution in [3.05, 3.63) is 27.7 Å². The number of aromatic nitrogens is 4. The van der Waals surface area contributed by atoms with Crippen molar-refractivity contribution in [3.8, 4) is 0 Å². The molecule has 0 saturated heterocycles. The normalized spacial score (nSPS) is 12.9. The molecule has 17 heavy (non-hydrogen) atoms. The first-order chi connectivity index (χ1) is 8.20. The van der Waals surface area contributed by atoms with Crippen LogP contribution < -0.4 is 0 Å². The summed E-state index contributed by atoms with van der Waals surface area (Å²) >= 11 is 7.06. The molecule has 0 aliphatic rings. The largest absolute Gasteiger partial charge is 0.385 e. The highest BCUT2D eigenvalue weighted by atomic mass is 35.5. The van der Waals surface area contributed by atoms with Crippen LogP contribution in [0.3, 0.4) is 0 Å². The van der Waals surface area contributed by atoms with Crippen molar-refractivity contribution in [2.75, 3.05) is 0 Å². The van der Waals surface area contributed by atoms with Crippen LogP contribution in [0.25, 0.3) is 0 Å². The molecule has 1 N–H and O–H groups in total. The van der Waals surface area contributed by atoms with Crippen molar-refractivity contribution in [2.45, 2.75) is 32.4 Å². The van der Waals surface area contributed by atoms with Crippen LogP contribution in [0.5, 0.6) is 0 Å². The number of aryl methyl sites for hydroxylation is 1. The van der Waals surface area contributed by atoms with E-state index in [0.29, 0.717) is 15.8 Å². The highest BCUT2D eigenvalue weighted by Crippen LogP contribution is 2.25. The Hall–Kier alpha value is -0.980. The smallest absolute Gasteiger partial charge is 0.138 e. The fourth-order valence-electron chi connectivity index (χ4n) is 1.53. The minimum absolute atomic E-state index is 0.407. The van der Waals surface area contributed by atoms with Gasteiger partial charge in [-0.3, -0.25) is 4.68 Å². The van der Waals surface area contributed by atoms with Crippen LogP contribution in [0.15, 0.2) is 12.5 Å². The third kappa shape index (κ3) is 3.02. The average Bonchev–Trinajstić information content (AvgIpc) is 2.89. The SMILES string of the molecule is CCCn1ncnc1CC(O)c1ncc(Cl)s1. The molecule has 1 unspecified atom stereocenters. The van der Waals surface area contributed by atoms with Gasteiger partial charge in [-0.05, 0) is 6.42 Å². The molecule has 0 spiro atoms. The van der Waals surface area contributed by atoms with Crippen molar-refractivity contribution >= 4 is 22.9 Å². The summed E-state index contributed by atoms with van der Waals surface area (Å²) < 4.78 is 2.38. The van der Waals surface area contributed by atoms with Crippen LogP contribution in [-0.4, -0.2) is 24.9 Å². The van der Waals surface area contributed by atoms with Gasteiger partial charge in [0, 0.05) is 13.0 Å². The van der Waals surface area contributed by atoms with Gasteiger partial charge in [0.1, 0.15) is 27.6 Å². The molecule has 2 heterocycles. The van der Waals surface area contributed by atoms with E-state index in [1.165, 1.54) is 17.7 Å². The molecule has 0 fully saturated rings. The molecule has 0 aromatic carbocycles. The highest BCUT2D eigenvalue weighted by Gasteiger charge is 2.16. The maximum Gasteiger partial charge on any atom is 0.138 e. The molecule has 1 atom stereocenters. The number of rotatable bonds is 5. The zero-order valence-corrected chi connectivity index (χ0v) is 10.9. The van der Waals surface area contributed by atoms with Crippen LogP contribution in [0.4, 0.5) is 0 Å². The van der Waals surface area contributed by atoms with E-state index in [-0.39, 0.29) is 0 Å². The summed E-state index contributed by atoms with van der Waals surface area (Å²) in [6.45, 7) is 2.88. The van der Waals surface area contributed by atoms with Gasteiger partial charge in [-0.15, -0.1) is 11.3 Å². The monoisotopic (exact) mass is 272 g/mol. The van der Waals surface area contributed by atoms with Crippen molar-refractivity contribution in [2.24, 2.45) is 0 Å². The number of nitrogens with zero attached hydrogens (tertiary/aromatic N) is 4. The van der Waals surface area contributed by atoms with Crippen molar-refractivity contribution < 1.29 is 5.11 Å². The number of halogens is 1. The predicted octanol–water partition coefficient (Wildman–Crippen LogP) is 2.07. The third-order valence-corrected chi connectivity index (χ3v) is 3.50. The summed E-state index contributed by atoms with van der Waals surface area (Å²) in [5.41, 5.74) is 0. The molecule has 0 aliphatic carbocycles. The Labute approximate surface area is 108 Å². The van der Waals surface area contributed by atoms with Gasteiger partial charge in [-0.25, -0.2) is 9.97 Å². The molecule has 92 valence electrons. The van der Waals surface area contributed by atoms with Gasteiger partial charge < -0.3 is 5.11 Å². The number of hydrogen-bond acceptors (Lipinski definition) is 5. The summed E-state index contributed by atoms with van der Waals surface area (Å²) in [6, 6.07) is 0. The minimum Gasteiger partial charge on any atom is -0.385 e. The Morgan fingerprint density at radius 3 is 3.00 bits per heavy atom. The van der Waals surface area contributed by atoms with E-state index in [9.17, 15) is 5.11 Å². The molecule has 0 radical (unpaired) electrons. The highest BCUT2D eigenvalue weighted by molar-refractivity contribution is 7.15. The molecular weight excluding hydrogens is 260 g/mol. The maximum atomic E-state index is 10.0. The van der Waals surface area contributed by atoms with Crippen molar-refractivity contribution in [1.29, 1.82) is 0 Å². The molecular formula is C10H13ClN4OS. The second kappa shape index (κ2) is 5.57. The summed E-state index contributed by atoms with van der Waals surface area (Å²) in [5, 5.41) is 14.7. The Morgan fingerprint density at radius 2 is 2.35 bits per heavy atom. The number of aliphatic hydroxyl groups is 1. The molecule has 2 rings (SSSR count). The van der Waals surface area contributed by atoms with Crippen LogP contribution >= 0.6 is 22.9 Å². The lowest BCUT2D eigenvalue weighted by molar-refractivity contribution is 0.173. The van der Waals surface area contributed by atoms with Crippen molar-refractivity contribution in [3.63, 3.8) is 0 Å². The lowest BCUT2D eigenvalue weighted by Gasteiger charge is -2.08. The van der Waals surface area contributed by atoms with E-state index in [2.05, 4.69) is 22.0 Å². The van der Waals surface area contributed by atoms with Crippen molar-refractivity contribution in [1.82, 2.24) is 19.7 Å². The summed E-state index contributed by atoms with van der Waals surface area (Å²) in [5.74, 6) is 0.769. The van der Waals surface area contributed by atoms with E-state index in [1.807, 2.05) is 0 Å². The average molecular weight is 273 g/mol. The first kappa shape index (κ1) is 12.5. The number of thiazole rings is 1. The maximum absolute atomic E-state index is 10.0. The fraction of sp³-hybridized carbons (Fsp3) is 0.500. The second-order valence-electron chi connectivity index (χ2n) is 3.62. The molecule has 0 amide bonds. The number of hydrogen-bond donors (Lipinski definition) is 1. The van der Waals surface area contributed by atoms with E-state index in [4.69, 9.17) is 11.6 Å². The van der Waals surface area contributed by atoms with Gasteiger partial charge in [-0.1, -0.05) is 18.5 Å². The van der Waals surface area contributed by atoms with Gasteiger partial charge in [0.2, 0.25) is 0 Å². The Bertz CT molecular complexity index is 484. The lowest BCUT2D eigenvalue weighted by Crippen LogP contribution is -2.10. The van der Waals surface area contributed by atoms with Crippen LogP contribution in [0.1, 0.15) is 30.3 Å². The Kier molecular flexibility index (Phi) is 4.09. The summed E-state index contributed by atoms with van der Waals surface area (Å²) in [4.78, 5) is 8.19. The van der Waals surface area contributed by atoms with E-state index in [1.54, 1.807) is 10.9 Å². The van der Waals surface area contributed by atoms with Gasteiger partial charge in [0.15, 0.2) is 0 Å². The zero-order chi connectivity index (χ0) is 12.3. The predicted molar refractivity (Wildman–Crippen MR) is 66.1 cm³/mol. The Balaban J connectivity index is 2.07. The fourth-order valence-corrected chi connectivity index (χ4v) is 2.44. The zero-order valence-electron chi connectivity index (χ0n) is 9.38. The first-order valence-electron chi connectivity index (χ1n) is 5.36. The molecule has 5 nitrogen and oxygen atoms in total. The molecule has 2 aromatic rings. The van der Waals surface area contributed by atoms with E-state index >= 15 is 0 Å². The van der Waals surface area contributed by atoms with E-state index < -0.39 is 6.10 Å². The molecule has 7 heteroatoms. The first-order valence-corrected chi connectivity index (χ1v) is 6.56. The van der Waals surface area contributed by atoms with Gasteiger partial charge in [-0.2, -0.15) is 5.10 Å². The molecule has 2 aromatic heterocycles. The Morgan fingerprint density at radius 1 is 1.53 bits per heavy atom. The molecule has 0 aliphatic heterocycles. The molecule has 0 saturated carbocycles. The lowest BCUT2D eigenvalue weighted by atomic mass is 10.2. The third-order valence-electron chi connectivity index (χ3n) is 2.29. The quantitative estimate of drug-likeness (QED) is 0.905. The van der Waals surface area contributed by atoms with Gasteiger partial charge in [0.25, 0.3) is 0 Å². The van der Waals surface area contributed by atoms with Crippen LogP contribution in [0.2, 0.25) is 4.34 Å². The van der Waals surface area contributed by atoms with Crippen LogP contribution in [0, 0.1) is 0 Å². The van der Waals surface area contributed by atoms with Gasteiger partial charge >= 0.3 is 0 Å². The second-order valence-corrected chi connectivity index (χ2v) is 5.32. The topological polar surface area (TPSA) is 63.8 Å². The summed E-state index contributed by atoms with van der Waals surface area (Å²) in [6.07, 6.45) is 3.76. The standard InChI is InChI=1S/C10H13ClN4OS/c1-2-3-15-9(13-6-14-15)4-7(16)10-12-5-8(11)17-10/h5-7,16H,2-4H2,1H3. The van der Waals surface area contributed by atoms with E-state index in [0.717, 1.165) is 18.8 Å². The van der Waals surface area contributed by atoms with Crippen LogP contribution in [-0.2, 0) is 13.0 Å². The molecule has 0 bridgehead atoms. The number of aliphatic hydroxyl groups excluding tert-OH is 1. The van der Waals surface area contributed by atoms with Gasteiger partial charge in [0.05, 0.1) is 6.20 Å². The minimum atomic E-state index is -0.674. The summed E-state index contributed by atoms with van der Waals surface area (Å²) in [7, 11) is 0.